The summed E-state index contributed by atoms with van der Waals surface area (Å²) in [5.74, 6) is 0.559. The van der Waals surface area contributed by atoms with E-state index in [4.69, 9.17) is 68.3 Å². The molecule has 0 bridgehead atoms. The summed E-state index contributed by atoms with van der Waals surface area (Å²) >= 11 is 22.7. The standard InChI is InChI=1S/C21H25ClN6O3.C19H19ClN6O2.C16H17ClN6O.C3H3ClO/c1-21(2,3)31-20(30)26-10-4-5-15(11-26)28-18-16(17(23)24-12-25-18)27(19(28)29)14-8-6-13(22)7-9-14;1-2-15(27)24-9-3-4-14(10-24)26-18-16(17(21)22-11-23-18)25(19(26)28)13-7-5-12(20)6-8-13;17-10-3-5-11(6-4-10)22-13-14(18)20-9-21-15(13)23(16(22)24)12-2-1-7-19-8-12;1-2-3(4)5/h6-9,12,15H,4-5,10-11H2,1-3H3,(H2,23,24,25);2,5-8,11,14H,1,3-4,9-10H2,(H2,21,22,23);3-6,9,12,19H,1-2,7-8H2,(H2,18,20,21);2H,1H2/t15-;14-;12-;/m111./s1. The minimum absolute atomic E-state index is 0.0524. The average Bonchev–Trinajstić information content (AvgIpc) is 2.25. The van der Waals surface area contributed by atoms with Gasteiger partial charge in [0.1, 0.15) is 41.1 Å². The zero-order valence-corrected chi connectivity index (χ0v) is 51.3. The number of aromatic nitrogens is 12. The number of halogens is 4. The first-order chi connectivity index (χ1) is 42.1. The lowest BCUT2D eigenvalue weighted by Crippen LogP contribution is -2.45. The number of hydrogen-bond acceptors (Lipinski definition) is 17. The Bertz CT molecular complexity index is 4240. The average molecular weight is 1280 g/mol. The second-order valence-corrected chi connectivity index (χ2v) is 23.4. The van der Waals surface area contributed by atoms with Crippen molar-refractivity contribution in [2.24, 2.45) is 0 Å². The molecule has 3 fully saturated rings. The summed E-state index contributed by atoms with van der Waals surface area (Å²) in [5, 5.41) is 4.56. The molecule has 0 saturated carbocycles. The number of anilines is 3. The molecule has 6 aromatic heterocycles. The Morgan fingerprint density at radius 3 is 1.25 bits per heavy atom. The quantitative estimate of drug-likeness (QED) is 0.0822. The van der Waals surface area contributed by atoms with Gasteiger partial charge in [0.15, 0.2) is 34.4 Å². The van der Waals surface area contributed by atoms with Crippen LogP contribution in [-0.2, 0) is 14.3 Å². The lowest BCUT2D eigenvalue weighted by Gasteiger charge is -2.34. The van der Waals surface area contributed by atoms with Gasteiger partial charge in [-0.25, -0.2) is 49.1 Å². The first kappa shape index (κ1) is 63.6. The number of carbonyl (C=O) groups excluding carboxylic acids is 3. The van der Waals surface area contributed by atoms with E-state index in [1.165, 1.54) is 34.2 Å². The Morgan fingerprint density at radius 2 is 0.909 bits per heavy atom. The van der Waals surface area contributed by atoms with Crippen LogP contribution < -0.4 is 39.6 Å². The van der Waals surface area contributed by atoms with Crippen molar-refractivity contribution in [3.05, 3.63) is 164 Å². The topological polar surface area (TPSA) is 315 Å². The van der Waals surface area contributed by atoms with E-state index in [-0.39, 0.29) is 64.6 Å². The number of likely N-dealkylation sites (tertiary alicyclic amines) is 2. The fourth-order valence-electron chi connectivity index (χ4n) is 10.9. The van der Waals surface area contributed by atoms with Gasteiger partial charge in [-0.3, -0.25) is 37.0 Å². The highest BCUT2D eigenvalue weighted by molar-refractivity contribution is 6.66. The Kier molecular flexibility index (Phi) is 19.8. The second-order valence-electron chi connectivity index (χ2n) is 21.7. The number of imidazole rings is 3. The van der Waals surface area contributed by atoms with Crippen molar-refractivity contribution >= 4 is 115 Å². The number of nitrogens with zero attached hydrogens (tertiary/aromatic N) is 14. The molecule has 88 heavy (non-hydrogen) atoms. The summed E-state index contributed by atoms with van der Waals surface area (Å²) in [4.78, 5) is 103. The van der Waals surface area contributed by atoms with Crippen molar-refractivity contribution in [3.8, 4) is 17.1 Å². The number of ether oxygens (including phenoxy) is 1. The van der Waals surface area contributed by atoms with E-state index in [2.05, 4.69) is 48.4 Å². The fraction of sp³-hybridized carbons (Fsp3) is 0.322. The van der Waals surface area contributed by atoms with Gasteiger partial charge in [0.25, 0.3) is 0 Å². The van der Waals surface area contributed by atoms with Gasteiger partial charge in [-0.2, -0.15) is 0 Å². The molecular formula is C59H64Cl4N18O7. The summed E-state index contributed by atoms with van der Waals surface area (Å²) < 4.78 is 15.0. The Morgan fingerprint density at radius 1 is 0.557 bits per heavy atom. The van der Waals surface area contributed by atoms with Crippen molar-refractivity contribution in [1.29, 1.82) is 0 Å². The van der Waals surface area contributed by atoms with E-state index in [1.807, 2.05) is 20.8 Å². The molecule has 0 radical (unpaired) electrons. The highest BCUT2D eigenvalue weighted by Crippen LogP contribution is 2.31. The van der Waals surface area contributed by atoms with E-state index in [0.717, 1.165) is 57.7 Å². The normalized spacial score (nSPS) is 16.8. The summed E-state index contributed by atoms with van der Waals surface area (Å²) in [5.41, 5.74) is 21.8. The second kappa shape index (κ2) is 27.4. The van der Waals surface area contributed by atoms with Crippen LogP contribution in [0.3, 0.4) is 0 Å². The van der Waals surface area contributed by atoms with Crippen LogP contribution in [0.1, 0.15) is 77.4 Å². The van der Waals surface area contributed by atoms with Crippen LogP contribution in [0.5, 0.6) is 0 Å². The van der Waals surface area contributed by atoms with Crippen molar-refractivity contribution in [2.45, 2.75) is 83.0 Å². The molecule has 0 unspecified atom stereocenters. The molecule has 9 heterocycles. The van der Waals surface area contributed by atoms with Crippen LogP contribution >= 0.6 is 46.4 Å². The van der Waals surface area contributed by atoms with Crippen LogP contribution in [-0.4, -0.2) is 129 Å². The minimum Gasteiger partial charge on any atom is -0.444 e. The summed E-state index contributed by atoms with van der Waals surface area (Å²) in [6.07, 6.45) is 11.0. The number of nitrogens with one attached hydrogen (secondary N) is 1. The Balaban J connectivity index is 0.000000152. The molecule has 3 aromatic carbocycles. The third-order valence-electron chi connectivity index (χ3n) is 14.8. The molecule has 0 spiro atoms. The van der Waals surface area contributed by atoms with E-state index >= 15 is 0 Å². The minimum atomic E-state index is -0.590. The van der Waals surface area contributed by atoms with Crippen LogP contribution in [0.4, 0.5) is 22.2 Å². The molecule has 7 N–H and O–H groups in total. The SMILES string of the molecule is C=CC(=O)Cl.C=CC(=O)N1CCC[C@@H](n2c(=O)n(-c3ccc(Cl)cc3)c3c(N)ncnc32)C1.CC(C)(C)OC(=O)N1CCC[C@@H](n2c(=O)n(-c3ccc(Cl)cc3)c3c(N)ncnc32)C1.Nc1ncnc2c1n(-c1ccc(Cl)cc1)c(=O)n2[C@@H]1CCCNC1. The van der Waals surface area contributed by atoms with Gasteiger partial charge in [-0.1, -0.05) is 48.0 Å². The van der Waals surface area contributed by atoms with Gasteiger partial charge in [-0.15, -0.1) is 0 Å². The number of hydrogen-bond donors (Lipinski definition) is 4. The number of allylic oxidation sites excluding steroid dienone is 1. The first-order valence-electron chi connectivity index (χ1n) is 28.0. The van der Waals surface area contributed by atoms with Crippen LogP contribution in [0.15, 0.2) is 131 Å². The van der Waals surface area contributed by atoms with Crippen molar-refractivity contribution in [2.75, 3.05) is 56.5 Å². The molecule has 0 aliphatic carbocycles. The Hall–Kier alpha value is -8.88. The maximum atomic E-state index is 13.6. The van der Waals surface area contributed by atoms with Crippen molar-refractivity contribution < 1.29 is 19.1 Å². The zero-order valence-electron chi connectivity index (χ0n) is 48.3. The number of fused-ring (bicyclic) bond motifs is 3. The molecule has 460 valence electrons. The van der Waals surface area contributed by atoms with Crippen molar-refractivity contribution in [1.82, 2.24) is 72.4 Å². The number of amides is 2. The predicted molar refractivity (Wildman–Crippen MR) is 341 cm³/mol. The third kappa shape index (κ3) is 13.8. The first-order valence-corrected chi connectivity index (χ1v) is 29.5. The van der Waals surface area contributed by atoms with Crippen LogP contribution in [0.2, 0.25) is 15.1 Å². The number of nitrogen functional groups attached to an aromatic ring is 3. The molecule has 2 amide bonds. The number of carbonyl (C=O) groups is 3. The van der Waals surface area contributed by atoms with Crippen molar-refractivity contribution in [3.63, 3.8) is 0 Å². The maximum absolute atomic E-state index is 13.6. The number of rotatable bonds is 8. The van der Waals surface area contributed by atoms with Gasteiger partial charge < -0.3 is 37.1 Å². The van der Waals surface area contributed by atoms with E-state index in [0.29, 0.717) is 91.8 Å². The monoisotopic (exact) mass is 1280 g/mol. The largest absolute Gasteiger partial charge is 0.444 e. The summed E-state index contributed by atoms with van der Waals surface area (Å²) in [6.45, 7) is 15.8. The molecule has 3 aliphatic heterocycles. The molecule has 9 aromatic rings. The lowest BCUT2D eigenvalue weighted by atomic mass is 10.1. The maximum Gasteiger partial charge on any atom is 0.410 e. The van der Waals surface area contributed by atoms with Crippen LogP contribution in [0, 0.1) is 0 Å². The van der Waals surface area contributed by atoms with Gasteiger partial charge in [0.05, 0.1) is 35.2 Å². The molecular weight excluding hydrogens is 1210 g/mol. The smallest absolute Gasteiger partial charge is 0.410 e. The van der Waals surface area contributed by atoms with E-state index in [9.17, 15) is 28.8 Å². The number of piperidine rings is 3. The molecule has 3 atom stereocenters. The number of benzene rings is 3. The molecule has 25 nitrogen and oxygen atoms in total. The molecule has 3 saturated heterocycles. The van der Waals surface area contributed by atoms with Gasteiger partial charge in [0, 0.05) is 47.8 Å². The number of nitrogens with two attached hydrogens (primary N) is 3. The molecule has 12 rings (SSSR count). The molecule has 3 aliphatic rings. The zero-order chi connectivity index (χ0) is 63.1. The molecule has 29 heteroatoms. The lowest BCUT2D eigenvalue weighted by molar-refractivity contribution is -0.127. The predicted octanol–water partition coefficient (Wildman–Crippen LogP) is 8.24. The highest BCUT2D eigenvalue weighted by Gasteiger charge is 2.33. The third-order valence-corrected chi connectivity index (χ3v) is 15.7. The Labute approximate surface area is 523 Å². The summed E-state index contributed by atoms with van der Waals surface area (Å²) in [6, 6.07) is 20.4. The highest BCUT2D eigenvalue weighted by atomic mass is 35.5. The summed E-state index contributed by atoms with van der Waals surface area (Å²) in [7, 11) is 0. The van der Waals surface area contributed by atoms with E-state index < -0.39 is 10.8 Å². The van der Waals surface area contributed by atoms with Gasteiger partial charge >= 0.3 is 23.2 Å². The van der Waals surface area contributed by atoms with Crippen LogP contribution in [0.25, 0.3) is 50.6 Å². The van der Waals surface area contributed by atoms with Gasteiger partial charge in [-0.05, 0) is 162 Å². The van der Waals surface area contributed by atoms with E-state index in [1.54, 1.807) is 101 Å². The fourth-order valence-corrected chi connectivity index (χ4v) is 11.3. The van der Waals surface area contributed by atoms with Gasteiger partial charge in [0.2, 0.25) is 11.1 Å².